The molecule has 0 aromatic rings. The van der Waals surface area contributed by atoms with E-state index in [9.17, 15) is 9.59 Å². The summed E-state index contributed by atoms with van der Waals surface area (Å²) < 4.78 is 0. The third-order valence-corrected chi connectivity index (χ3v) is 3.97. The number of carbonyl (C=O) groups is 2. The monoisotopic (exact) mass is 223 g/mol. The van der Waals surface area contributed by atoms with Gasteiger partial charge in [-0.25, -0.2) is 0 Å². The molecule has 2 bridgehead atoms. The molecule has 0 aliphatic carbocycles. The maximum absolute atomic E-state index is 12.2. The lowest BCUT2D eigenvalue weighted by atomic mass is 9.88. The summed E-state index contributed by atoms with van der Waals surface area (Å²) in [5, 5.41) is 6.20. The van der Waals surface area contributed by atoms with Gasteiger partial charge in [0.2, 0.25) is 11.8 Å². The Morgan fingerprint density at radius 2 is 2.25 bits per heavy atom. The summed E-state index contributed by atoms with van der Waals surface area (Å²) in [7, 11) is 0. The molecule has 16 heavy (non-hydrogen) atoms. The molecule has 3 rings (SSSR count). The van der Waals surface area contributed by atoms with Gasteiger partial charge in [-0.2, -0.15) is 0 Å². The first-order chi connectivity index (χ1) is 7.74. The molecule has 3 fully saturated rings. The Morgan fingerprint density at radius 1 is 1.38 bits per heavy atom. The van der Waals surface area contributed by atoms with Gasteiger partial charge in [-0.05, 0) is 19.3 Å². The lowest BCUT2D eigenvalue weighted by Gasteiger charge is -2.31. The highest BCUT2D eigenvalue weighted by atomic mass is 16.2. The van der Waals surface area contributed by atoms with Gasteiger partial charge in [-0.1, -0.05) is 0 Å². The molecular weight excluding hydrogens is 206 g/mol. The van der Waals surface area contributed by atoms with Gasteiger partial charge >= 0.3 is 0 Å². The van der Waals surface area contributed by atoms with E-state index in [-0.39, 0.29) is 24.3 Å². The average Bonchev–Trinajstić information content (AvgIpc) is 2.89. The molecule has 3 saturated heterocycles. The Balaban J connectivity index is 1.66. The van der Waals surface area contributed by atoms with Gasteiger partial charge in [0.25, 0.3) is 0 Å². The fraction of sp³-hybridized carbons (Fsp3) is 0.818. The van der Waals surface area contributed by atoms with Crippen LogP contribution in [-0.4, -0.2) is 48.4 Å². The Bertz CT molecular complexity index is 331. The molecule has 2 amide bonds. The first kappa shape index (κ1) is 10.1. The van der Waals surface area contributed by atoms with Crippen LogP contribution < -0.4 is 10.6 Å². The normalized spacial score (nSPS) is 37.6. The van der Waals surface area contributed by atoms with Gasteiger partial charge in [-0.3, -0.25) is 9.59 Å². The van der Waals surface area contributed by atoms with Gasteiger partial charge in [0.1, 0.15) is 0 Å². The van der Waals surface area contributed by atoms with Crippen LogP contribution in [0.5, 0.6) is 0 Å². The lowest BCUT2D eigenvalue weighted by Crippen LogP contribution is -2.52. The molecule has 2 N–H and O–H groups in total. The summed E-state index contributed by atoms with van der Waals surface area (Å²) in [5.74, 6) is 0.259. The van der Waals surface area contributed by atoms with Crippen LogP contribution in [0.1, 0.15) is 19.3 Å². The summed E-state index contributed by atoms with van der Waals surface area (Å²) in [6.45, 7) is 1.50. The van der Waals surface area contributed by atoms with E-state index in [1.807, 2.05) is 0 Å². The zero-order valence-electron chi connectivity index (χ0n) is 9.24. The third kappa shape index (κ3) is 1.59. The molecule has 0 aromatic carbocycles. The van der Waals surface area contributed by atoms with E-state index < -0.39 is 0 Å². The van der Waals surface area contributed by atoms with Crippen molar-refractivity contribution in [1.29, 1.82) is 0 Å². The van der Waals surface area contributed by atoms with Crippen LogP contribution in [0.2, 0.25) is 0 Å². The van der Waals surface area contributed by atoms with Crippen molar-refractivity contribution in [3.8, 4) is 0 Å². The fourth-order valence-electron chi connectivity index (χ4n) is 3.16. The second-order valence-electron chi connectivity index (χ2n) is 5.00. The molecule has 3 aliphatic rings. The quantitative estimate of drug-likeness (QED) is 0.605. The molecule has 3 heterocycles. The lowest BCUT2D eigenvalue weighted by molar-refractivity contribution is -0.141. The predicted octanol–water partition coefficient (Wildman–Crippen LogP) is -0.915. The zero-order chi connectivity index (χ0) is 11.1. The largest absolute Gasteiger partial charge is 0.353 e. The summed E-state index contributed by atoms with van der Waals surface area (Å²) >= 11 is 0. The van der Waals surface area contributed by atoms with Crippen LogP contribution in [0.3, 0.4) is 0 Å². The smallest absolute Gasteiger partial charge is 0.239 e. The van der Waals surface area contributed by atoms with Crippen LogP contribution in [0.4, 0.5) is 0 Å². The highest BCUT2D eigenvalue weighted by molar-refractivity contribution is 5.87. The van der Waals surface area contributed by atoms with Crippen LogP contribution in [0.25, 0.3) is 0 Å². The number of carbonyl (C=O) groups excluding carboxylic acids is 2. The topological polar surface area (TPSA) is 61.4 Å². The number of piperazine rings is 1. The maximum atomic E-state index is 12.2. The molecule has 88 valence electrons. The van der Waals surface area contributed by atoms with Gasteiger partial charge in [-0.15, -0.1) is 0 Å². The van der Waals surface area contributed by atoms with Crippen LogP contribution in [-0.2, 0) is 9.59 Å². The SMILES string of the molecule is O=C1CN(C(=O)C2CC3CCC2N3)CCN1. The minimum atomic E-state index is -0.0317. The molecule has 5 nitrogen and oxygen atoms in total. The van der Waals surface area contributed by atoms with Crippen molar-refractivity contribution < 1.29 is 9.59 Å². The maximum Gasteiger partial charge on any atom is 0.239 e. The first-order valence-electron chi connectivity index (χ1n) is 6.05. The van der Waals surface area contributed by atoms with Crippen molar-refractivity contribution in [3.63, 3.8) is 0 Å². The van der Waals surface area contributed by atoms with E-state index in [1.165, 1.54) is 6.42 Å². The summed E-state index contributed by atoms with van der Waals surface area (Å²) in [5.41, 5.74) is 0. The number of nitrogens with zero attached hydrogens (tertiary/aromatic N) is 1. The minimum Gasteiger partial charge on any atom is -0.353 e. The van der Waals surface area contributed by atoms with Gasteiger partial charge < -0.3 is 15.5 Å². The molecule has 0 saturated carbocycles. The zero-order valence-corrected chi connectivity index (χ0v) is 9.24. The Labute approximate surface area is 94.6 Å². The molecule has 0 aromatic heterocycles. The van der Waals surface area contributed by atoms with Crippen LogP contribution >= 0.6 is 0 Å². The number of hydrogen-bond acceptors (Lipinski definition) is 3. The van der Waals surface area contributed by atoms with Crippen LogP contribution in [0, 0.1) is 5.92 Å². The molecule has 3 unspecified atom stereocenters. The summed E-state index contributed by atoms with van der Waals surface area (Å²) in [6, 6.07) is 0.903. The Morgan fingerprint density at radius 3 is 2.88 bits per heavy atom. The van der Waals surface area contributed by atoms with E-state index >= 15 is 0 Å². The number of amides is 2. The standard InChI is InChI=1S/C11H17N3O2/c15-10-6-14(4-3-12-10)11(16)8-5-7-1-2-9(8)13-7/h7-9,13H,1-6H2,(H,12,15). The van der Waals surface area contributed by atoms with Crippen molar-refractivity contribution in [2.45, 2.75) is 31.3 Å². The molecule has 0 radical (unpaired) electrons. The van der Waals surface area contributed by atoms with E-state index in [4.69, 9.17) is 0 Å². The number of nitrogens with one attached hydrogen (secondary N) is 2. The summed E-state index contributed by atoms with van der Waals surface area (Å²) in [4.78, 5) is 25.2. The van der Waals surface area contributed by atoms with Gasteiger partial charge in [0.15, 0.2) is 0 Å². The molecule has 0 spiro atoms. The van der Waals surface area contributed by atoms with E-state index in [0.29, 0.717) is 25.2 Å². The van der Waals surface area contributed by atoms with E-state index in [0.717, 1.165) is 12.8 Å². The predicted molar refractivity (Wildman–Crippen MR) is 57.6 cm³/mol. The second kappa shape index (κ2) is 3.73. The van der Waals surface area contributed by atoms with E-state index in [1.54, 1.807) is 4.90 Å². The number of rotatable bonds is 1. The van der Waals surface area contributed by atoms with Gasteiger partial charge in [0.05, 0.1) is 12.5 Å². The van der Waals surface area contributed by atoms with Gasteiger partial charge in [0, 0.05) is 25.2 Å². The highest BCUT2D eigenvalue weighted by Crippen LogP contribution is 2.34. The first-order valence-corrected chi connectivity index (χ1v) is 6.05. The fourth-order valence-corrected chi connectivity index (χ4v) is 3.16. The average molecular weight is 223 g/mol. The highest BCUT2D eigenvalue weighted by Gasteiger charge is 2.44. The number of fused-ring (bicyclic) bond motifs is 2. The third-order valence-electron chi connectivity index (χ3n) is 3.97. The Hall–Kier alpha value is -1.10. The van der Waals surface area contributed by atoms with Crippen molar-refractivity contribution >= 4 is 11.8 Å². The van der Waals surface area contributed by atoms with Crippen molar-refractivity contribution in [1.82, 2.24) is 15.5 Å². The minimum absolute atomic E-state index is 0.0317. The molecule has 3 aliphatic heterocycles. The van der Waals surface area contributed by atoms with E-state index in [2.05, 4.69) is 10.6 Å². The van der Waals surface area contributed by atoms with Crippen molar-refractivity contribution in [2.75, 3.05) is 19.6 Å². The molecule has 5 heteroatoms. The number of hydrogen-bond donors (Lipinski definition) is 2. The second-order valence-corrected chi connectivity index (χ2v) is 5.00. The molecular formula is C11H17N3O2. The van der Waals surface area contributed by atoms with Crippen molar-refractivity contribution in [3.05, 3.63) is 0 Å². The molecule has 3 atom stereocenters. The van der Waals surface area contributed by atoms with Crippen molar-refractivity contribution in [2.24, 2.45) is 5.92 Å². The Kier molecular flexibility index (Phi) is 2.35. The van der Waals surface area contributed by atoms with Crippen LogP contribution in [0.15, 0.2) is 0 Å². The summed E-state index contributed by atoms with van der Waals surface area (Å²) in [6.07, 6.45) is 3.28.